The molecule has 1 N–H and O–H groups in total. The summed E-state index contributed by atoms with van der Waals surface area (Å²) in [5, 5.41) is 2.75. The lowest BCUT2D eigenvalue weighted by Crippen LogP contribution is -2.35. The van der Waals surface area contributed by atoms with Crippen molar-refractivity contribution in [3.05, 3.63) is 70.5 Å². The van der Waals surface area contributed by atoms with E-state index < -0.39 is 17.5 Å². The molecule has 2 aromatic rings. The molecule has 1 amide bonds. The number of benzene rings is 2. The fourth-order valence-electron chi connectivity index (χ4n) is 2.88. The lowest BCUT2D eigenvalue weighted by atomic mass is 10.1. The maximum absolute atomic E-state index is 12.9. The average molecular weight is 364 g/mol. The molecular formula is C19H19F3N2O2. The van der Waals surface area contributed by atoms with Crippen molar-refractivity contribution in [2.75, 3.05) is 26.3 Å². The van der Waals surface area contributed by atoms with E-state index in [0.29, 0.717) is 31.9 Å². The summed E-state index contributed by atoms with van der Waals surface area (Å²) in [5.74, 6) is -3.63. The van der Waals surface area contributed by atoms with Gasteiger partial charge in [0.05, 0.1) is 13.2 Å². The number of rotatable bonds is 2. The summed E-state index contributed by atoms with van der Waals surface area (Å²) >= 11 is 0. The zero-order valence-electron chi connectivity index (χ0n) is 14.1. The van der Waals surface area contributed by atoms with Crippen LogP contribution in [0.3, 0.4) is 0 Å². The molecule has 0 unspecified atom stereocenters. The Labute approximate surface area is 149 Å². The van der Waals surface area contributed by atoms with Gasteiger partial charge in [0.15, 0.2) is 17.5 Å². The second-order valence-corrected chi connectivity index (χ2v) is 6.10. The predicted molar refractivity (Wildman–Crippen MR) is 90.0 cm³/mol. The molecule has 0 radical (unpaired) electrons. The summed E-state index contributed by atoms with van der Waals surface area (Å²) in [6, 6.07) is 9.70. The topological polar surface area (TPSA) is 41.6 Å². The van der Waals surface area contributed by atoms with Crippen molar-refractivity contribution < 1.29 is 22.7 Å². The Morgan fingerprint density at radius 3 is 2.35 bits per heavy atom. The second-order valence-electron chi connectivity index (χ2n) is 6.10. The fourth-order valence-corrected chi connectivity index (χ4v) is 2.88. The van der Waals surface area contributed by atoms with E-state index in [1.165, 1.54) is 0 Å². The molecule has 2 aliphatic rings. The predicted octanol–water partition coefficient (Wildman–Crippen LogP) is 2.87. The summed E-state index contributed by atoms with van der Waals surface area (Å²) in [6.45, 7) is 3.78. The van der Waals surface area contributed by atoms with Crippen LogP contribution in [0, 0.1) is 17.5 Å². The van der Waals surface area contributed by atoms with Gasteiger partial charge in [-0.15, -0.1) is 0 Å². The molecule has 138 valence electrons. The smallest absolute Gasteiger partial charge is 0.251 e. The van der Waals surface area contributed by atoms with E-state index in [-0.39, 0.29) is 5.91 Å². The average Bonchev–Trinajstić information content (AvgIpc) is 3.03. The minimum Gasteiger partial charge on any atom is -0.379 e. The number of morpholine rings is 1. The van der Waals surface area contributed by atoms with E-state index in [1.54, 1.807) is 0 Å². The van der Waals surface area contributed by atoms with Gasteiger partial charge in [0.2, 0.25) is 0 Å². The van der Waals surface area contributed by atoms with Gasteiger partial charge in [-0.2, -0.15) is 0 Å². The zero-order valence-corrected chi connectivity index (χ0v) is 14.1. The number of nitrogens with one attached hydrogen (secondary N) is 1. The highest BCUT2D eigenvalue weighted by Gasteiger charge is 2.16. The van der Waals surface area contributed by atoms with E-state index in [2.05, 4.69) is 5.32 Å². The highest BCUT2D eigenvalue weighted by molar-refractivity contribution is 5.98. The molecule has 0 bridgehead atoms. The van der Waals surface area contributed by atoms with Crippen molar-refractivity contribution in [3.63, 3.8) is 0 Å². The highest BCUT2D eigenvalue weighted by atomic mass is 19.2. The van der Waals surface area contributed by atoms with Crippen LogP contribution >= 0.6 is 0 Å². The molecule has 0 saturated carbocycles. The molecule has 1 fully saturated rings. The maximum atomic E-state index is 12.9. The number of halogens is 3. The first-order valence-corrected chi connectivity index (χ1v) is 8.34. The van der Waals surface area contributed by atoms with E-state index in [9.17, 15) is 18.0 Å². The van der Waals surface area contributed by atoms with Crippen LogP contribution < -0.4 is 5.32 Å². The molecule has 1 saturated heterocycles. The highest BCUT2D eigenvalue weighted by Crippen LogP contribution is 2.16. The van der Waals surface area contributed by atoms with E-state index >= 15 is 0 Å². The van der Waals surface area contributed by atoms with Gasteiger partial charge in [-0.05, 0) is 29.3 Å². The standard InChI is InChI=1S/C11H12F3NO.C8H7NO/c12-9-5-8(6-10(13)11(9)14)7-15-1-3-16-4-2-15;10-8-7-4-2-1-3-6(7)5-9-8/h5-6H,1-4,7H2;1-4H,5H2,(H,9,10). The maximum Gasteiger partial charge on any atom is 0.251 e. The van der Waals surface area contributed by atoms with Crippen LogP contribution in [0.1, 0.15) is 21.5 Å². The Balaban J connectivity index is 0.000000167. The molecule has 2 aliphatic heterocycles. The third kappa shape index (κ3) is 4.42. The largest absolute Gasteiger partial charge is 0.379 e. The first-order valence-electron chi connectivity index (χ1n) is 8.34. The van der Waals surface area contributed by atoms with Crippen molar-refractivity contribution in [3.8, 4) is 0 Å². The van der Waals surface area contributed by atoms with Crippen LogP contribution in [0.4, 0.5) is 13.2 Å². The lowest BCUT2D eigenvalue weighted by Gasteiger charge is -2.26. The Bertz CT molecular complexity index is 769. The number of hydrogen-bond acceptors (Lipinski definition) is 3. The summed E-state index contributed by atoms with van der Waals surface area (Å²) in [7, 11) is 0. The number of hydrogen-bond donors (Lipinski definition) is 1. The molecule has 4 rings (SSSR count). The number of nitrogens with zero attached hydrogens (tertiary/aromatic N) is 1. The molecule has 7 heteroatoms. The molecular weight excluding hydrogens is 345 g/mol. The van der Waals surface area contributed by atoms with Crippen LogP contribution in [0.15, 0.2) is 36.4 Å². The Kier molecular flexibility index (Phi) is 5.90. The molecule has 2 aromatic carbocycles. The van der Waals surface area contributed by atoms with Gasteiger partial charge >= 0.3 is 0 Å². The van der Waals surface area contributed by atoms with Gasteiger partial charge in [0.1, 0.15) is 0 Å². The van der Waals surface area contributed by atoms with Gasteiger partial charge in [-0.25, -0.2) is 13.2 Å². The summed E-state index contributed by atoms with van der Waals surface area (Å²) in [6.07, 6.45) is 0. The van der Waals surface area contributed by atoms with Gasteiger partial charge in [-0.1, -0.05) is 18.2 Å². The quantitative estimate of drug-likeness (QED) is 0.834. The van der Waals surface area contributed by atoms with Crippen molar-refractivity contribution in [2.45, 2.75) is 13.1 Å². The molecule has 0 aliphatic carbocycles. The normalized spacial score (nSPS) is 16.5. The van der Waals surface area contributed by atoms with Crippen LogP contribution in [0.25, 0.3) is 0 Å². The second kappa shape index (κ2) is 8.33. The first-order chi connectivity index (χ1) is 12.5. The molecule has 26 heavy (non-hydrogen) atoms. The van der Waals surface area contributed by atoms with Crippen LogP contribution in [0.5, 0.6) is 0 Å². The number of carbonyl (C=O) groups excluding carboxylic acids is 1. The van der Waals surface area contributed by atoms with Gasteiger partial charge in [0.25, 0.3) is 5.91 Å². The van der Waals surface area contributed by atoms with Crippen molar-refractivity contribution >= 4 is 5.91 Å². The molecule has 0 aromatic heterocycles. The van der Waals surface area contributed by atoms with Crippen LogP contribution in [-0.2, 0) is 17.8 Å². The Hall–Kier alpha value is -2.38. The SMILES string of the molecule is Fc1cc(CN2CCOCC2)cc(F)c1F.O=C1NCc2ccccc21. The minimum atomic E-state index is -1.41. The van der Waals surface area contributed by atoms with Gasteiger partial charge in [0, 0.05) is 31.7 Å². The Morgan fingerprint density at radius 2 is 1.69 bits per heavy atom. The molecule has 4 nitrogen and oxygen atoms in total. The van der Waals surface area contributed by atoms with Crippen LogP contribution in [0.2, 0.25) is 0 Å². The first kappa shape index (κ1) is 18.4. The third-order valence-corrected chi connectivity index (χ3v) is 4.25. The van der Waals surface area contributed by atoms with Crippen molar-refractivity contribution in [1.29, 1.82) is 0 Å². The Morgan fingerprint density at radius 1 is 1.04 bits per heavy atom. The van der Waals surface area contributed by atoms with E-state index in [1.807, 2.05) is 29.2 Å². The number of ether oxygens (including phenoxy) is 1. The van der Waals surface area contributed by atoms with E-state index in [4.69, 9.17) is 4.74 Å². The summed E-state index contributed by atoms with van der Waals surface area (Å²) < 4.78 is 43.7. The van der Waals surface area contributed by atoms with E-state index in [0.717, 1.165) is 36.3 Å². The van der Waals surface area contributed by atoms with Gasteiger partial charge in [-0.3, -0.25) is 9.69 Å². The molecule has 0 atom stereocenters. The molecule has 0 spiro atoms. The zero-order chi connectivity index (χ0) is 18.5. The lowest BCUT2D eigenvalue weighted by molar-refractivity contribution is 0.0341. The number of amides is 1. The fraction of sp³-hybridized carbons (Fsp3) is 0.316. The third-order valence-electron chi connectivity index (χ3n) is 4.25. The monoisotopic (exact) mass is 364 g/mol. The number of fused-ring (bicyclic) bond motifs is 1. The van der Waals surface area contributed by atoms with Crippen molar-refractivity contribution in [1.82, 2.24) is 10.2 Å². The summed E-state index contributed by atoms with van der Waals surface area (Å²) in [4.78, 5) is 13.0. The van der Waals surface area contributed by atoms with Crippen molar-refractivity contribution in [2.24, 2.45) is 0 Å². The van der Waals surface area contributed by atoms with Crippen LogP contribution in [-0.4, -0.2) is 37.1 Å². The number of carbonyl (C=O) groups is 1. The molecule has 2 heterocycles. The summed E-state index contributed by atoms with van der Waals surface area (Å²) in [5.41, 5.74) is 2.37. The minimum absolute atomic E-state index is 0.0515. The van der Waals surface area contributed by atoms with Gasteiger partial charge < -0.3 is 10.1 Å².